The van der Waals surface area contributed by atoms with Crippen molar-refractivity contribution in [2.45, 2.75) is 277 Å². The fourth-order valence-electron chi connectivity index (χ4n) is 7.72. The first-order valence-corrected chi connectivity index (χ1v) is 29.4. The number of phosphoric ester groups is 1. The third-order valence-electron chi connectivity index (χ3n) is 12.0. The summed E-state index contributed by atoms with van der Waals surface area (Å²) in [6.45, 7) is 4.58. The predicted octanol–water partition coefficient (Wildman–Crippen LogP) is 16.0. The highest BCUT2D eigenvalue weighted by atomic mass is 31.2. The topological polar surface area (TPSA) is 155 Å². The third-order valence-corrected chi connectivity index (χ3v) is 13.0. The van der Waals surface area contributed by atoms with Crippen molar-refractivity contribution in [1.82, 2.24) is 0 Å². The molecule has 398 valence electrons. The number of aliphatic hydroxyl groups is 1. The van der Waals surface area contributed by atoms with Gasteiger partial charge in [0.15, 0.2) is 6.10 Å². The van der Waals surface area contributed by atoms with Crippen LogP contribution in [0.4, 0.5) is 0 Å². The summed E-state index contributed by atoms with van der Waals surface area (Å²) in [6, 6.07) is 0. The van der Waals surface area contributed by atoms with Gasteiger partial charge in [-0.3, -0.25) is 23.4 Å². The van der Waals surface area contributed by atoms with Crippen molar-refractivity contribution in [3.8, 4) is 0 Å². The van der Waals surface area contributed by atoms with Crippen LogP contribution in [0.25, 0.3) is 0 Å². The highest BCUT2D eigenvalue weighted by Gasteiger charge is 2.28. The number of aliphatic hydroxyl groups excluding tert-OH is 1. The van der Waals surface area contributed by atoms with E-state index < -0.39 is 57.8 Å². The second kappa shape index (κ2) is 51.1. The molecule has 3 atom stereocenters. The number of allylic oxidation sites excluding steroid dienone is 6. The van der Waals surface area contributed by atoms with E-state index >= 15 is 0 Å². The van der Waals surface area contributed by atoms with Crippen LogP contribution in [0.2, 0.25) is 0 Å². The SMILES string of the molecule is CCCC/C=C\CCCCCCCC(=O)OC(COC(=O)CCCCCCCCCCC/C=C\C/C=C\CCCCC)COP(=O)(O)OCC(CO)OC(=O)CCCCCCCCCCCCC. The zero-order chi connectivity index (χ0) is 49.9. The van der Waals surface area contributed by atoms with Gasteiger partial charge in [-0.25, -0.2) is 4.57 Å². The predicted molar refractivity (Wildman–Crippen MR) is 279 cm³/mol. The Labute approximate surface area is 416 Å². The van der Waals surface area contributed by atoms with Gasteiger partial charge < -0.3 is 24.2 Å². The summed E-state index contributed by atoms with van der Waals surface area (Å²) in [7, 11) is -4.74. The van der Waals surface area contributed by atoms with E-state index in [4.69, 9.17) is 23.3 Å². The fourth-order valence-corrected chi connectivity index (χ4v) is 8.50. The minimum absolute atomic E-state index is 0.159. The molecule has 12 heteroatoms. The van der Waals surface area contributed by atoms with Gasteiger partial charge in [-0.15, -0.1) is 0 Å². The summed E-state index contributed by atoms with van der Waals surface area (Å²) in [5.74, 6) is -1.47. The molecule has 0 bridgehead atoms. The van der Waals surface area contributed by atoms with E-state index in [-0.39, 0.29) is 25.9 Å². The Kier molecular flexibility index (Phi) is 49.3. The molecule has 0 rings (SSSR count). The molecule has 0 heterocycles. The normalized spacial score (nSPS) is 13.7. The Bertz CT molecular complexity index is 1280. The summed E-state index contributed by atoms with van der Waals surface area (Å²) in [4.78, 5) is 48.3. The molecule has 0 aliphatic carbocycles. The fraction of sp³-hybridized carbons (Fsp3) is 0.839. The number of hydrogen-bond acceptors (Lipinski definition) is 10. The van der Waals surface area contributed by atoms with E-state index in [1.807, 2.05) is 0 Å². The maximum Gasteiger partial charge on any atom is 0.472 e. The molecular weight excluding hydrogens is 880 g/mol. The van der Waals surface area contributed by atoms with Crippen LogP contribution in [-0.4, -0.2) is 66.5 Å². The first kappa shape index (κ1) is 65.7. The average Bonchev–Trinajstić information content (AvgIpc) is 3.32. The molecule has 0 saturated carbocycles. The number of ether oxygens (including phenoxy) is 3. The minimum Gasteiger partial charge on any atom is -0.462 e. The second-order valence-electron chi connectivity index (χ2n) is 18.7. The number of rotatable bonds is 52. The molecule has 0 fully saturated rings. The van der Waals surface area contributed by atoms with E-state index in [1.54, 1.807) is 0 Å². The molecular formula is C56H103O11P. The summed E-state index contributed by atoms with van der Waals surface area (Å²) in [5, 5.41) is 9.77. The van der Waals surface area contributed by atoms with Crippen molar-refractivity contribution >= 4 is 25.7 Å². The molecule has 3 unspecified atom stereocenters. The van der Waals surface area contributed by atoms with Gasteiger partial charge in [0.2, 0.25) is 0 Å². The largest absolute Gasteiger partial charge is 0.472 e. The molecule has 0 spiro atoms. The Morgan fingerprint density at radius 2 is 0.735 bits per heavy atom. The van der Waals surface area contributed by atoms with Crippen molar-refractivity contribution in [3.05, 3.63) is 36.5 Å². The molecule has 0 amide bonds. The quantitative estimate of drug-likeness (QED) is 0.0197. The molecule has 0 aromatic heterocycles. The minimum atomic E-state index is -4.74. The van der Waals surface area contributed by atoms with Crippen LogP contribution in [0.3, 0.4) is 0 Å². The van der Waals surface area contributed by atoms with Crippen LogP contribution in [0, 0.1) is 0 Å². The monoisotopic (exact) mass is 983 g/mol. The summed E-state index contributed by atoms with van der Waals surface area (Å²) in [5.41, 5.74) is 0. The lowest BCUT2D eigenvalue weighted by molar-refractivity contribution is -0.161. The van der Waals surface area contributed by atoms with Crippen molar-refractivity contribution in [2.24, 2.45) is 0 Å². The number of carbonyl (C=O) groups is 3. The van der Waals surface area contributed by atoms with Crippen LogP contribution in [0.5, 0.6) is 0 Å². The van der Waals surface area contributed by atoms with Gasteiger partial charge in [-0.1, -0.05) is 211 Å². The molecule has 0 aliphatic heterocycles. The highest BCUT2D eigenvalue weighted by Crippen LogP contribution is 2.43. The van der Waals surface area contributed by atoms with Gasteiger partial charge in [0, 0.05) is 19.3 Å². The van der Waals surface area contributed by atoms with Gasteiger partial charge in [-0.2, -0.15) is 0 Å². The number of esters is 3. The van der Waals surface area contributed by atoms with Crippen LogP contribution < -0.4 is 0 Å². The average molecular weight is 983 g/mol. The lowest BCUT2D eigenvalue weighted by Gasteiger charge is -2.21. The van der Waals surface area contributed by atoms with E-state index in [1.165, 1.54) is 116 Å². The van der Waals surface area contributed by atoms with Crippen molar-refractivity contribution < 1.29 is 52.2 Å². The number of carbonyl (C=O) groups excluding carboxylic acids is 3. The Hall–Kier alpha value is -2.30. The first-order chi connectivity index (χ1) is 33.2. The highest BCUT2D eigenvalue weighted by molar-refractivity contribution is 7.47. The maximum absolute atomic E-state index is 12.8. The zero-order valence-electron chi connectivity index (χ0n) is 43.8. The van der Waals surface area contributed by atoms with E-state index in [9.17, 15) is 28.9 Å². The molecule has 0 aromatic carbocycles. The smallest absolute Gasteiger partial charge is 0.462 e. The standard InChI is InChI=1S/C56H103O11P/c1-4-7-10-13-16-19-22-23-24-25-26-27-28-29-32-33-36-39-42-45-54(58)63-49-53(67-56(60)47-44-41-38-35-31-21-18-15-12-9-6-3)51-65-68(61,62)64-50-52(48-57)66-55(59)46-43-40-37-34-30-20-17-14-11-8-5-2/h15-16,18-19,23-24,52-53,57H,4-14,17,20-22,25-51H2,1-3H3,(H,61,62)/b18-15-,19-16-,24-23-. The first-order valence-electron chi connectivity index (χ1n) is 27.9. The Balaban J connectivity index is 4.65. The van der Waals surface area contributed by atoms with Crippen LogP contribution >= 0.6 is 7.82 Å². The second-order valence-corrected chi connectivity index (χ2v) is 20.2. The zero-order valence-corrected chi connectivity index (χ0v) is 44.7. The molecule has 68 heavy (non-hydrogen) atoms. The van der Waals surface area contributed by atoms with Gasteiger partial charge >= 0.3 is 25.7 Å². The van der Waals surface area contributed by atoms with Gasteiger partial charge in [0.25, 0.3) is 0 Å². The van der Waals surface area contributed by atoms with Gasteiger partial charge in [0.05, 0.1) is 19.8 Å². The summed E-state index contributed by atoms with van der Waals surface area (Å²) in [6.07, 6.45) is 51.1. The maximum atomic E-state index is 12.8. The third kappa shape index (κ3) is 48.7. The molecule has 0 saturated heterocycles. The Morgan fingerprint density at radius 1 is 0.412 bits per heavy atom. The summed E-state index contributed by atoms with van der Waals surface area (Å²) < 4.78 is 39.4. The number of hydrogen-bond donors (Lipinski definition) is 2. The molecule has 2 N–H and O–H groups in total. The van der Waals surface area contributed by atoms with Gasteiger partial charge in [0.1, 0.15) is 12.7 Å². The van der Waals surface area contributed by atoms with E-state index in [2.05, 4.69) is 57.2 Å². The summed E-state index contributed by atoms with van der Waals surface area (Å²) >= 11 is 0. The van der Waals surface area contributed by atoms with Crippen molar-refractivity contribution in [3.63, 3.8) is 0 Å². The molecule has 0 aromatic rings. The number of phosphoric acid groups is 1. The number of unbranched alkanes of at least 4 members (excludes halogenated alkanes) is 29. The molecule has 0 radical (unpaired) electrons. The molecule has 11 nitrogen and oxygen atoms in total. The van der Waals surface area contributed by atoms with Crippen LogP contribution in [0.15, 0.2) is 36.5 Å². The molecule has 0 aliphatic rings. The van der Waals surface area contributed by atoms with Gasteiger partial charge in [-0.05, 0) is 70.6 Å². The van der Waals surface area contributed by atoms with Crippen molar-refractivity contribution in [2.75, 3.05) is 26.4 Å². The van der Waals surface area contributed by atoms with E-state index in [0.717, 1.165) is 89.9 Å². The van der Waals surface area contributed by atoms with Crippen molar-refractivity contribution in [1.29, 1.82) is 0 Å². The van der Waals surface area contributed by atoms with Crippen LogP contribution in [-0.2, 0) is 42.2 Å². The lowest BCUT2D eigenvalue weighted by Crippen LogP contribution is -2.30. The lowest BCUT2D eigenvalue weighted by atomic mass is 10.1. The Morgan fingerprint density at radius 3 is 1.18 bits per heavy atom. The van der Waals surface area contributed by atoms with E-state index in [0.29, 0.717) is 19.3 Å². The van der Waals surface area contributed by atoms with Crippen LogP contribution in [0.1, 0.15) is 265 Å².